The van der Waals surface area contributed by atoms with E-state index in [1.54, 1.807) is 24.1 Å². The maximum atomic E-state index is 12.2. The van der Waals surface area contributed by atoms with Gasteiger partial charge in [-0.15, -0.1) is 0 Å². The Morgan fingerprint density at radius 1 is 0.958 bits per heavy atom. The number of likely N-dealkylation sites (N-methyl/N-ethyl adjacent to an activating group) is 1. The quantitative estimate of drug-likeness (QED) is 0.887. The fourth-order valence-electron chi connectivity index (χ4n) is 2.49. The number of nitrogens with one attached hydrogen (secondary N) is 1. The number of amides is 2. The van der Waals surface area contributed by atoms with Crippen molar-refractivity contribution in [2.75, 3.05) is 20.1 Å². The molecule has 4 nitrogen and oxygen atoms in total. The maximum Gasteiger partial charge on any atom is 0.251 e. The van der Waals surface area contributed by atoms with Gasteiger partial charge >= 0.3 is 0 Å². The zero-order valence-electron chi connectivity index (χ0n) is 14.5. The van der Waals surface area contributed by atoms with Crippen LogP contribution < -0.4 is 5.32 Å². The van der Waals surface area contributed by atoms with E-state index in [2.05, 4.69) is 19.2 Å². The molecule has 4 heteroatoms. The van der Waals surface area contributed by atoms with Gasteiger partial charge in [-0.05, 0) is 29.2 Å². The van der Waals surface area contributed by atoms with Crippen molar-refractivity contribution in [2.24, 2.45) is 5.92 Å². The van der Waals surface area contributed by atoms with Crippen molar-refractivity contribution in [3.63, 3.8) is 0 Å². The lowest BCUT2D eigenvalue weighted by Crippen LogP contribution is -2.39. The zero-order valence-corrected chi connectivity index (χ0v) is 14.5. The number of hydrogen-bond donors (Lipinski definition) is 1. The van der Waals surface area contributed by atoms with Gasteiger partial charge in [0.1, 0.15) is 0 Å². The second-order valence-electron chi connectivity index (χ2n) is 6.29. The molecule has 0 saturated heterocycles. The summed E-state index contributed by atoms with van der Waals surface area (Å²) in [6.45, 7) is 4.80. The van der Waals surface area contributed by atoms with Crippen molar-refractivity contribution in [3.05, 3.63) is 60.2 Å². The largest absolute Gasteiger partial charge is 0.344 e. The smallest absolute Gasteiger partial charge is 0.251 e. The molecule has 0 saturated carbocycles. The van der Waals surface area contributed by atoms with E-state index in [-0.39, 0.29) is 18.4 Å². The number of carbonyl (C=O) groups excluding carboxylic acids is 2. The van der Waals surface area contributed by atoms with Gasteiger partial charge < -0.3 is 10.2 Å². The van der Waals surface area contributed by atoms with Crippen molar-refractivity contribution in [3.8, 4) is 11.1 Å². The summed E-state index contributed by atoms with van der Waals surface area (Å²) in [5.41, 5.74) is 2.71. The van der Waals surface area contributed by atoms with Crippen LogP contribution in [-0.4, -0.2) is 36.9 Å². The van der Waals surface area contributed by atoms with Crippen molar-refractivity contribution in [1.82, 2.24) is 10.2 Å². The van der Waals surface area contributed by atoms with E-state index in [0.717, 1.165) is 11.1 Å². The van der Waals surface area contributed by atoms with Gasteiger partial charge in [-0.2, -0.15) is 0 Å². The third-order valence-corrected chi connectivity index (χ3v) is 3.72. The van der Waals surface area contributed by atoms with Crippen LogP contribution in [0.25, 0.3) is 11.1 Å². The highest BCUT2D eigenvalue weighted by molar-refractivity contribution is 5.96. The van der Waals surface area contributed by atoms with Crippen molar-refractivity contribution >= 4 is 11.8 Å². The predicted octanol–water partition coefficient (Wildman–Crippen LogP) is 3.20. The summed E-state index contributed by atoms with van der Waals surface area (Å²) < 4.78 is 0. The monoisotopic (exact) mass is 324 g/mol. The number of benzene rings is 2. The van der Waals surface area contributed by atoms with Gasteiger partial charge in [0, 0.05) is 19.2 Å². The molecule has 0 radical (unpaired) electrons. The number of hydrogen-bond acceptors (Lipinski definition) is 2. The van der Waals surface area contributed by atoms with Gasteiger partial charge in [-0.1, -0.05) is 56.3 Å². The van der Waals surface area contributed by atoms with E-state index >= 15 is 0 Å². The highest BCUT2D eigenvalue weighted by Gasteiger charge is 2.12. The molecule has 24 heavy (non-hydrogen) atoms. The Balaban J connectivity index is 1.92. The average molecular weight is 324 g/mol. The standard InChI is InChI=1S/C20H24N2O2/c1-15(2)14-22(3)19(23)13-21-20(24)18-11-9-17(10-12-18)16-7-5-4-6-8-16/h4-12,15H,13-14H2,1-3H3,(H,21,24). The Labute approximate surface area is 143 Å². The van der Waals surface area contributed by atoms with Crippen molar-refractivity contribution in [2.45, 2.75) is 13.8 Å². The van der Waals surface area contributed by atoms with Crippen LogP contribution in [0, 0.1) is 5.92 Å². The van der Waals surface area contributed by atoms with Gasteiger partial charge in [-0.3, -0.25) is 9.59 Å². The lowest BCUT2D eigenvalue weighted by atomic mass is 10.0. The van der Waals surface area contributed by atoms with Crippen LogP contribution in [0.5, 0.6) is 0 Å². The first-order chi connectivity index (χ1) is 11.5. The first kappa shape index (κ1) is 17.7. The molecule has 0 aliphatic carbocycles. The minimum absolute atomic E-state index is 0.0164. The van der Waals surface area contributed by atoms with E-state index < -0.39 is 0 Å². The molecule has 0 heterocycles. The third kappa shape index (κ3) is 4.95. The lowest BCUT2D eigenvalue weighted by Gasteiger charge is -2.19. The fourth-order valence-corrected chi connectivity index (χ4v) is 2.49. The van der Waals surface area contributed by atoms with Crippen molar-refractivity contribution in [1.29, 1.82) is 0 Å². The molecule has 0 aliphatic rings. The topological polar surface area (TPSA) is 49.4 Å². The number of nitrogens with zero attached hydrogens (tertiary/aromatic N) is 1. The molecule has 0 unspecified atom stereocenters. The minimum Gasteiger partial charge on any atom is -0.344 e. The van der Waals surface area contributed by atoms with Gasteiger partial charge in [-0.25, -0.2) is 0 Å². The molecule has 0 spiro atoms. The summed E-state index contributed by atoms with van der Waals surface area (Å²) in [6.07, 6.45) is 0. The molecule has 126 valence electrons. The summed E-state index contributed by atoms with van der Waals surface area (Å²) in [5, 5.41) is 2.68. The Bertz CT molecular complexity index is 679. The average Bonchev–Trinajstić information content (AvgIpc) is 2.59. The first-order valence-electron chi connectivity index (χ1n) is 8.15. The fraction of sp³-hybridized carbons (Fsp3) is 0.300. The zero-order chi connectivity index (χ0) is 17.5. The van der Waals surface area contributed by atoms with Crippen LogP contribution in [-0.2, 0) is 4.79 Å². The summed E-state index contributed by atoms with van der Waals surface area (Å²) in [5.74, 6) is 0.0825. The Hall–Kier alpha value is -2.62. The molecule has 0 aliphatic heterocycles. The highest BCUT2D eigenvalue weighted by atomic mass is 16.2. The summed E-state index contributed by atoms with van der Waals surface area (Å²) in [6, 6.07) is 17.4. The van der Waals surface area contributed by atoms with Crippen LogP contribution in [0.3, 0.4) is 0 Å². The molecule has 0 bridgehead atoms. The van der Waals surface area contributed by atoms with Crippen LogP contribution in [0.1, 0.15) is 24.2 Å². The number of carbonyl (C=O) groups is 2. The predicted molar refractivity (Wildman–Crippen MR) is 96.7 cm³/mol. The van der Waals surface area contributed by atoms with E-state index in [1.807, 2.05) is 42.5 Å². The lowest BCUT2D eigenvalue weighted by molar-refractivity contribution is -0.129. The van der Waals surface area contributed by atoms with Crippen LogP contribution in [0.2, 0.25) is 0 Å². The SMILES string of the molecule is CC(C)CN(C)C(=O)CNC(=O)c1ccc(-c2ccccc2)cc1. The molecule has 2 aromatic carbocycles. The molecule has 2 amide bonds. The van der Waals surface area contributed by atoms with Crippen LogP contribution in [0.4, 0.5) is 0 Å². The highest BCUT2D eigenvalue weighted by Crippen LogP contribution is 2.19. The summed E-state index contributed by atoms with van der Waals surface area (Å²) >= 11 is 0. The molecular formula is C20H24N2O2. The molecule has 0 aromatic heterocycles. The van der Waals surface area contributed by atoms with Crippen molar-refractivity contribution < 1.29 is 9.59 Å². The number of rotatable bonds is 6. The third-order valence-electron chi connectivity index (χ3n) is 3.72. The van der Waals surface area contributed by atoms with Gasteiger partial charge in [0.05, 0.1) is 6.54 Å². The van der Waals surface area contributed by atoms with Crippen LogP contribution >= 0.6 is 0 Å². The van der Waals surface area contributed by atoms with Crippen LogP contribution in [0.15, 0.2) is 54.6 Å². The molecule has 2 rings (SSSR count). The Kier molecular flexibility index (Phi) is 6.13. The van der Waals surface area contributed by atoms with Gasteiger partial charge in [0.25, 0.3) is 5.91 Å². The van der Waals surface area contributed by atoms with Gasteiger partial charge in [0.15, 0.2) is 0 Å². The van der Waals surface area contributed by atoms with E-state index in [0.29, 0.717) is 18.0 Å². The maximum absolute atomic E-state index is 12.2. The van der Waals surface area contributed by atoms with E-state index in [9.17, 15) is 9.59 Å². The first-order valence-corrected chi connectivity index (χ1v) is 8.15. The van der Waals surface area contributed by atoms with E-state index in [4.69, 9.17) is 0 Å². The Morgan fingerprint density at radius 2 is 1.54 bits per heavy atom. The molecule has 0 atom stereocenters. The minimum atomic E-state index is -0.235. The summed E-state index contributed by atoms with van der Waals surface area (Å²) in [4.78, 5) is 25.8. The second-order valence-corrected chi connectivity index (χ2v) is 6.29. The summed E-state index contributed by atoms with van der Waals surface area (Å²) in [7, 11) is 1.75. The molecular weight excluding hydrogens is 300 g/mol. The Morgan fingerprint density at radius 3 is 2.12 bits per heavy atom. The van der Waals surface area contributed by atoms with E-state index in [1.165, 1.54) is 0 Å². The second kappa shape index (κ2) is 8.29. The molecule has 1 N–H and O–H groups in total. The molecule has 0 fully saturated rings. The van der Waals surface area contributed by atoms with Gasteiger partial charge in [0.2, 0.25) is 5.91 Å². The molecule has 2 aromatic rings. The normalized spacial score (nSPS) is 10.5.